The highest BCUT2D eigenvalue weighted by molar-refractivity contribution is 7.98. The van der Waals surface area contributed by atoms with Gasteiger partial charge in [0.05, 0.1) is 6.04 Å². The fraction of sp³-hybridized carbons (Fsp3) is 0.261. The lowest BCUT2D eigenvalue weighted by molar-refractivity contribution is -0.159. The molecule has 0 radical (unpaired) electrons. The maximum atomic E-state index is 12.6. The second kappa shape index (κ2) is 11.6. The molecule has 0 spiro atoms. The molecule has 1 aromatic heterocycles. The van der Waals surface area contributed by atoms with Gasteiger partial charge in [0.2, 0.25) is 11.7 Å². The van der Waals surface area contributed by atoms with E-state index in [0.29, 0.717) is 17.7 Å². The summed E-state index contributed by atoms with van der Waals surface area (Å²) < 4.78 is 47.9. The van der Waals surface area contributed by atoms with Gasteiger partial charge >= 0.3 is 12.1 Å². The van der Waals surface area contributed by atoms with Crippen molar-refractivity contribution in [1.82, 2.24) is 15.5 Å². The molecule has 33 heavy (non-hydrogen) atoms. The monoisotopic (exact) mass is 477 g/mol. The molecule has 0 aliphatic heterocycles. The Kier molecular flexibility index (Phi) is 8.53. The summed E-state index contributed by atoms with van der Waals surface area (Å²) in [6.45, 7) is 0.241. The first kappa shape index (κ1) is 24.4. The first-order chi connectivity index (χ1) is 15.8. The molecule has 6 nitrogen and oxygen atoms in total. The number of hydrogen-bond donors (Lipinski definition) is 1. The number of nitrogens with zero attached hydrogens (tertiary/aromatic N) is 2. The maximum Gasteiger partial charge on any atom is 0.471 e. The summed E-state index contributed by atoms with van der Waals surface area (Å²) in [5.41, 5.74) is 1.29. The van der Waals surface area contributed by atoms with Gasteiger partial charge in [-0.2, -0.15) is 29.9 Å². The molecule has 0 fully saturated rings. The van der Waals surface area contributed by atoms with Crippen LogP contribution in [0.2, 0.25) is 0 Å². The lowest BCUT2D eigenvalue weighted by Crippen LogP contribution is -2.38. The summed E-state index contributed by atoms with van der Waals surface area (Å²) in [6.07, 6.45) is 1.23. The van der Waals surface area contributed by atoms with Gasteiger partial charge in [0, 0.05) is 11.6 Å². The number of nitrogens with one attached hydrogen (secondary N) is 1. The fourth-order valence-electron chi connectivity index (χ4n) is 2.80. The van der Waals surface area contributed by atoms with Gasteiger partial charge in [-0.3, -0.25) is 4.79 Å². The number of ether oxygens (including phenoxy) is 1. The molecule has 1 atom stereocenters. The van der Waals surface area contributed by atoms with Crippen LogP contribution >= 0.6 is 11.8 Å². The van der Waals surface area contributed by atoms with Crippen molar-refractivity contribution >= 4 is 23.7 Å². The Morgan fingerprint density at radius 3 is 2.55 bits per heavy atom. The van der Waals surface area contributed by atoms with Gasteiger partial charge in [0.15, 0.2) is 0 Å². The van der Waals surface area contributed by atoms with Gasteiger partial charge in [0.1, 0.15) is 12.4 Å². The fourth-order valence-corrected chi connectivity index (χ4v) is 3.32. The van der Waals surface area contributed by atoms with E-state index in [-0.39, 0.29) is 24.4 Å². The molecule has 1 amide bonds. The third kappa shape index (κ3) is 7.67. The van der Waals surface area contributed by atoms with Crippen LogP contribution in [0.1, 0.15) is 17.9 Å². The molecular weight excluding hydrogens is 455 g/mol. The summed E-state index contributed by atoms with van der Waals surface area (Å²) in [5, 5.41) is 6.30. The molecule has 0 aliphatic carbocycles. The van der Waals surface area contributed by atoms with Gasteiger partial charge < -0.3 is 14.6 Å². The van der Waals surface area contributed by atoms with Crippen molar-refractivity contribution in [2.24, 2.45) is 0 Å². The Morgan fingerprint density at radius 2 is 1.91 bits per heavy atom. The number of carbonyl (C=O) groups excluding carboxylic acids is 1. The number of amides is 1. The van der Waals surface area contributed by atoms with Crippen molar-refractivity contribution in [2.75, 3.05) is 18.6 Å². The lowest BCUT2D eigenvalue weighted by atomic mass is 10.2. The molecule has 3 aromatic rings. The van der Waals surface area contributed by atoms with Gasteiger partial charge in [-0.1, -0.05) is 35.5 Å². The number of benzene rings is 2. The predicted octanol–water partition coefficient (Wildman–Crippen LogP) is 5.09. The van der Waals surface area contributed by atoms with Gasteiger partial charge in [-0.25, -0.2) is 0 Å². The van der Waals surface area contributed by atoms with Crippen molar-refractivity contribution in [2.45, 2.75) is 18.6 Å². The number of aromatic nitrogens is 2. The molecule has 0 aliphatic rings. The number of halogens is 3. The number of rotatable bonds is 10. The van der Waals surface area contributed by atoms with Crippen LogP contribution in [0.5, 0.6) is 5.75 Å². The van der Waals surface area contributed by atoms with Crippen molar-refractivity contribution in [3.63, 3.8) is 0 Å². The molecule has 1 heterocycles. The normalized spacial score (nSPS) is 12.6. The molecular formula is C23H22F3N3O3S. The summed E-state index contributed by atoms with van der Waals surface area (Å²) in [6, 6.07) is 15.6. The van der Waals surface area contributed by atoms with Crippen molar-refractivity contribution in [1.29, 1.82) is 0 Å². The zero-order chi connectivity index (χ0) is 23.7. The van der Waals surface area contributed by atoms with Crippen LogP contribution in [0.4, 0.5) is 13.2 Å². The Bertz CT molecular complexity index is 1050. The molecule has 0 saturated carbocycles. The Labute approximate surface area is 193 Å². The van der Waals surface area contributed by atoms with Gasteiger partial charge in [0.25, 0.3) is 0 Å². The van der Waals surface area contributed by atoms with Crippen molar-refractivity contribution < 1.29 is 27.2 Å². The number of hydrogen-bond acceptors (Lipinski definition) is 6. The van der Waals surface area contributed by atoms with E-state index < -0.39 is 12.1 Å². The number of alkyl halides is 3. The average Bonchev–Trinajstić information content (AvgIpc) is 3.31. The zero-order valence-corrected chi connectivity index (χ0v) is 18.5. The summed E-state index contributed by atoms with van der Waals surface area (Å²) in [4.78, 5) is 15.7. The second-order valence-corrected chi connectivity index (χ2v) is 7.97. The first-order valence-electron chi connectivity index (χ1n) is 10.0. The minimum absolute atomic E-state index is 0.163. The standard InChI is InChI=1S/C23H22F3N3O3S/c1-33-14-13-18(27-20(30)12-7-16-5-3-2-4-6-16)15-31-19-10-8-17(9-11-19)21-28-22(32-29-21)23(24,25)26/h2-12,18H,13-15H2,1H3,(H,27,30)/t18-/m1/s1. The Balaban J connectivity index is 1.57. The quantitative estimate of drug-likeness (QED) is 0.410. The van der Waals surface area contributed by atoms with E-state index in [9.17, 15) is 18.0 Å². The van der Waals surface area contributed by atoms with Gasteiger partial charge in [-0.15, -0.1) is 0 Å². The highest BCUT2D eigenvalue weighted by Crippen LogP contribution is 2.29. The topological polar surface area (TPSA) is 77.2 Å². The SMILES string of the molecule is CSCC[C@H](COc1ccc(-c2noc(C(F)(F)F)n2)cc1)NC(=O)C=Cc1ccccc1. The molecule has 174 valence electrons. The van der Waals surface area contributed by atoms with E-state index in [2.05, 4.69) is 20.0 Å². The lowest BCUT2D eigenvalue weighted by Gasteiger charge is -2.18. The van der Waals surface area contributed by atoms with Crippen LogP contribution in [0.3, 0.4) is 0 Å². The van der Waals surface area contributed by atoms with E-state index in [0.717, 1.165) is 11.3 Å². The number of thioether (sulfide) groups is 1. The van der Waals surface area contributed by atoms with Gasteiger partial charge in [-0.05, 0) is 54.3 Å². The smallest absolute Gasteiger partial charge is 0.471 e. The summed E-state index contributed by atoms with van der Waals surface area (Å²) >= 11 is 1.66. The van der Waals surface area contributed by atoms with Crippen molar-refractivity contribution in [3.05, 3.63) is 72.1 Å². The molecule has 0 unspecified atom stereocenters. The minimum Gasteiger partial charge on any atom is -0.491 e. The minimum atomic E-state index is -4.69. The molecule has 1 N–H and O–H groups in total. The zero-order valence-electron chi connectivity index (χ0n) is 17.7. The highest BCUT2D eigenvalue weighted by atomic mass is 32.2. The number of carbonyl (C=O) groups is 1. The maximum absolute atomic E-state index is 12.6. The third-order valence-corrected chi connectivity index (χ3v) is 5.12. The summed E-state index contributed by atoms with van der Waals surface area (Å²) in [5.74, 6) is -0.437. The average molecular weight is 478 g/mol. The van der Waals surface area contributed by atoms with Crippen molar-refractivity contribution in [3.8, 4) is 17.1 Å². The van der Waals surface area contributed by atoms with Crippen LogP contribution in [-0.2, 0) is 11.0 Å². The van der Waals surface area contributed by atoms with E-state index in [4.69, 9.17) is 4.74 Å². The van der Waals surface area contributed by atoms with E-state index in [1.807, 2.05) is 36.6 Å². The Hall–Kier alpha value is -3.27. The molecule has 0 saturated heterocycles. The molecule has 0 bridgehead atoms. The van der Waals surface area contributed by atoms with Crippen LogP contribution in [0.15, 0.2) is 65.2 Å². The molecule has 10 heteroatoms. The second-order valence-electron chi connectivity index (χ2n) is 6.99. The van der Waals surface area contributed by atoms with Crippen LogP contribution < -0.4 is 10.1 Å². The highest BCUT2D eigenvalue weighted by Gasteiger charge is 2.38. The third-order valence-electron chi connectivity index (χ3n) is 4.48. The van der Waals surface area contributed by atoms with E-state index in [1.54, 1.807) is 42.1 Å². The largest absolute Gasteiger partial charge is 0.491 e. The molecule has 3 rings (SSSR count). The molecule has 2 aromatic carbocycles. The van der Waals surface area contributed by atoms with E-state index in [1.165, 1.54) is 6.08 Å². The Morgan fingerprint density at radius 1 is 1.18 bits per heavy atom. The van der Waals surface area contributed by atoms with E-state index >= 15 is 0 Å². The first-order valence-corrected chi connectivity index (χ1v) is 11.4. The predicted molar refractivity (Wildman–Crippen MR) is 121 cm³/mol. The van der Waals surface area contributed by atoms with Crippen LogP contribution in [0.25, 0.3) is 17.5 Å². The van der Waals surface area contributed by atoms with Crippen LogP contribution in [0, 0.1) is 0 Å². The summed E-state index contributed by atoms with van der Waals surface area (Å²) in [7, 11) is 0. The van der Waals surface area contributed by atoms with Crippen LogP contribution in [-0.4, -0.2) is 40.7 Å².